The molecule has 0 aliphatic carbocycles. The molecule has 0 N–H and O–H groups in total. The Labute approximate surface area is 219 Å². The molecular weight excluding hydrogens is 541 g/mol. The quantitative estimate of drug-likeness (QED) is 0.284. The molecule has 194 valence electrons. The lowest BCUT2D eigenvalue weighted by atomic mass is 10.1. The van der Waals surface area contributed by atoms with Crippen LogP contribution in [0.15, 0.2) is 71.9 Å². The van der Waals surface area contributed by atoms with Crippen LogP contribution in [0.2, 0.25) is 5.02 Å². The summed E-state index contributed by atoms with van der Waals surface area (Å²) in [6.07, 6.45) is 2.50. The minimum atomic E-state index is -3.69. The van der Waals surface area contributed by atoms with Crippen molar-refractivity contribution in [2.45, 2.75) is 11.3 Å². The first kappa shape index (κ1) is 26.9. The van der Waals surface area contributed by atoms with Crippen molar-refractivity contribution in [3.8, 4) is 22.8 Å². The van der Waals surface area contributed by atoms with Crippen molar-refractivity contribution in [1.29, 1.82) is 0 Å². The van der Waals surface area contributed by atoms with E-state index in [1.807, 2.05) is 0 Å². The normalized spacial score (nSPS) is 12.2. The van der Waals surface area contributed by atoms with Crippen LogP contribution in [-0.2, 0) is 19.9 Å². The molecule has 0 aliphatic rings. The van der Waals surface area contributed by atoms with Crippen LogP contribution in [-0.4, -0.2) is 56.7 Å². The Kier molecular flexibility index (Phi) is 7.79. The molecule has 0 spiro atoms. The number of fused-ring (bicyclic) bond motifs is 1. The molecule has 1 heterocycles. The molecule has 0 saturated carbocycles. The first-order chi connectivity index (χ1) is 17.5. The third-order valence-corrected chi connectivity index (χ3v) is 9.08. The predicted molar refractivity (Wildman–Crippen MR) is 141 cm³/mol. The van der Waals surface area contributed by atoms with Crippen molar-refractivity contribution < 1.29 is 26.0 Å². The van der Waals surface area contributed by atoms with E-state index in [0.717, 1.165) is 10.6 Å². The van der Waals surface area contributed by atoms with Gasteiger partial charge in [0.15, 0.2) is 9.84 Å². The summed E-state index contributed by atoms with van der Waals surface area (Å²) in [6.45, 7) is 0.0789. The topological polar surface area (TPSA) is 107 Å². The number of rotatable bonds is 9. The number of sulfonamides is 1. The Balaban J connectivity index is 1.57. The van der Waals surface area contributed by atoms with Crippen molar-refractivity contribution in [2.24, 2.45) is 0 Å². The third kappa shape index (κ3) is 6.24. The highest BCUT2D eigenvalue weighted by molar-refractivity contribution is 7.91. The number of para-hydroxylation sites is 1. The number of nitrogens with zero attached hydrogens (tertiary/aromatic N) is 3. The van der Waals surface area contributed by atoms with Gasteiger partial charge in [-0.05, 0) is 48.9 Å². The Bertz CT molecular complexity index is 1680. The van der Waals surface area contributed by atoms with Gasteiger partial charge in [-0.15, -0.1) is 0 Å². The second-order valence-corrected chi connectivity index (χ2v) is 12.9. The Morgan fingerprint density at radius 1 is 0.973 bits per heavy atom. The van der Waals surface area contributed by atoms with Crippen LogP contribution in [0.3, 0.4) is 0 Å². The molecule has 0 atom stereocenters. The van der Waals surface area contributed by atoms with Gasteiger partial charge in [0, 0.05) is 24.5 Å². The summed E-state index contributed by atoms with van der Waals surface area (Å²) in [5.41, 5.74) is 0.998. The lowest BCUT2D eigenvalue weighted by molar-refractivity contribution is 0.472. The molecule has 1 aromatic heterocycles. The second-order valence-electron chi connectivity index (χ2n) is 8.33. The van der Waals surface area contributed by atoms with Gasteiger partial charge in [0.25, 0.3) is 0 Å². The third-order valence-electron chi connectivity index (χ3n) is 5.66. The van der Waals surface area contributed by atoms with Crippen LogP contribution in [0.1, 0.15) is 6.42 Å². The van der Waals surface area contributed by atoms with E-state index >= 15 is 0 Å². The van der Waals surface area contributed by atoms with Gasteiger partial charge in [0.1, 0.15) is 23.6 Å². The molecule has 0 aliphatic heterocycles. The van der Waals surface area contributed by atoms with Crippen molar-refractivity contribution in [2.75, 3.05) is 25.6 Å². The van der Waals surface area contributed by atoms with Gasteiger partial charge in [-0.3, -0.25) is 0 Å². The van der Waals surface area contributed by atoms with Crippen LogP contribution < -0.4 is 4.74 Å². The highest BCUT2D eigenvalue weighted by Gasteiger charge is 2.18. The fraction of sp³-hybridized carbons (Fsp3) is 0.200. The number of aromatic nitrogens is 2. The minimum Gasteiger partial charge on any atom is -0.457 e. The van der Waals surface area contributed by atoms with E-state index in [1.54, 1.807) is 24.3 Å². The molecule has 0 fully saturated rings. The molecule has 0 saturated heterocycles. The average molecular weight is 564 g/mol. The number of ether oxygens (including phenoxy) is 1. The lowest BCUT2D eigenvalue weighted by Gasteiger charge is -2.14. The molecule has 4 rings (SSSR count). The standard InChI is InChI=1S/C25H23ClFN3O5S2/c1-30(36(2,31)32)12-5-13-37(33,34)19-7-3-6-17(14-19)35-18-10-11-23(27)21(15-18)24-20-8-4-9-22(26)25(20)29-16-28-24/h3-4,6-11,14-16H,5,12-13H2,1-2H3. The highest BCUT2D eigenvalue weighted by atomic mass is 35.5. The van der Waals surface area contributed by atoms with Gasteiger partial charge in [-0.2, -0.15) is 0 Å². The molecule has 37 heavy (non-hydrogen) atoms. The SMILES string of the molecule is CN(CCCS(=O)(=O)c1cccc(Oc2ccc(F)c(-c3ncnc4c(Cl)cccc34)c2)c1)S(C)(=O)=O. The Morgan fingerprint density at radius 2 is 1.70 bits per heavy atom. The Morgan fingerprint density at radius 3 is 2.46 bits per heavy atom. The van der Waals surface area contributed by atoms with Crippen molar-refractivity contribution in [1.82, 2.24) is 14.3 Å². The summed E-state index contributed by atoms with van der Waals surface area (Å²) in [5.74, 6) is -0.250. The Hall–Kier alpha value is -3.12. The molecule has 8 nitrogen and oxygen atoms in total. The molecule has 12 heteroatoms. The summed E-state index contributed by atoms with van der Waals surface area (Å²) in [7, 11) is -5.69. The molecule has 3 aromatic carbocycles. The van der Waals surface area contributed by atoms with Gasteiger partial charge < -0.3 is 4.74 Å². The van der Waals surface area contributed by atoms with E-state index in [4.69, 9.17) is 16.3 Å². The molecule has 0 amide bonds. The lowest BCUT2D eigenvalue weighted by Crippen LogP contribution is -2.27. The van der Waals surface area contributed by atoms with Crippen molar-refractivity contribution >= 4 is 42.4 Å². The minimum absolute atomic E-state index is 0.0331. The van der Waals surface area contributed by atoms with E-state index < -0.39 is 25.7 Å². The summed E-state index contributed by atoms with van der Waals surface area (Å²) >= 11 is 6.23. The summed E-state index contributed by atoms with van der Waals surface area (Å²) in [5, 5.41) is 0.982. The summed E-state index contributed by atoms with van der Waals surface area (Å²) in [4.78, 5) is 8.45. The van der Waals surface area contributed by atoms with Crippen LogP contribution in [0.5, 0.6) is 11.5 Å². The number of hydrogen-bond donors (Lipinski definition) is 0. The first-order valence-electron chi connectivity index (χ1n) is 11.1. The van der Waals surface area contributed by atoms with Crippen LogP contribution in [0.25, 0.3) is 22.2 Å². The van der Waals surface area contributed by atoms with Gasteiger partial charge in [-0.25, -0.2) is 35.5 Å². The number of hydrogen-bond acceptors (Lipinski definition) is 7. The largest absolute Gasteiger partial charge is 0.457 e. The predicted octanol–water partition coefficient (Wildman–Crippen LogP) is 4.94. The maximum absolute atomic E-state index is 14.8. The molecule has 0 bridgehead atoms. The van der Waals surface area contributed by atoms with Crippen LogP contribution in [0, 0.1) is 5.82 Å². The highest BCUT2D eigenvalue weighted by Crippen LogP contribution is 2.34. The van der Waals surface area contributed by atoms with Gasteiger partial charge in [-0.1, -0.05) is 29.8 Å². The zero-order valence-corrected chi connectivity index (χ0v) is 22.3. The van der Waals surface area contributed by atoms with Gasteiger partial charge >= 0.3 is 0 Å². The zero-order valence-electron chi connectivity index (χ0n) is 19.9. The zero-order chi connectivity index (χ0) is 26.8. The van der Waals surface area contributed by atoms with E-state index in [1.165, 1.54) is 49.8 Å². The van der Waals surface area contributed by atoms with E-state index in [-0.39, 0.29) is 40.7 Å². The molecular formula is C25H23ClFN3O5S2. The van der Waals surface area contributed by atoms with E-state index in [0.29, 0.717) is 21.6 Å². The average Bonchev–Trinajstić information content (AvgIpc) is 2.85. The van der Waals surface area contributed by atoms with Gasteiger partial charge in [0.2, 0.25) is 10.0 Å². The van der Waals surface area contributed by atoms with Crippen LogP contribution in [0.4, 0.5) is 4.39 Å². The number of benzene rings is 3. The van der Waals surface area contributed by atoms with Crippen LogP contribution >= 0.6 is 11.6 Å². The number of halogens is 2. The monoisotopic (exact) mass is 563 g/mol. The fourth-order valence-corrected chi connectivity index (χ4v) is 5.65. The maximum Gasteiger partial charge on any atom is 0.210 e. The maximum atomic E-state index is 14.8. The van der Waals surface area contributed by atoms with E-state index in [2.05, 4.69) is 9.97 Å². The van der Waals surface area contributed by atoms with Crippen molar-refractivity contribution in [3.05, 3.63) is 77.8 Å². The smallest absolute Gasteiger partial charge is 0.210 e. The summed E-state index contributed by atoms with van der Waals surface area (Å²) in [6, 6.07) is 15.2. The number of sulfone groups is 1. The molecule has 4 aromatic rings. The van der Waals surface area contributed by atoms with E-state index in [9.17, 15) is 21.2 Å². The van der Waals surface area contributed by atoms with Gasteiger partial charge in [0.05, 0.1) is 33.1 Å². The summed E-state index contributed by atoms with van der Waals surface area (Å²) < 4.78 is 70.4. The second kappa shape index (κ2) is 10.7. The fourth-order valence-electron chi connectivity index (χ4n) is 3.64. The first-order valence-corrected chi connectivity index (χ1v) is 14.9. The molecule has 0 unspecified atom stereocenters. The van der Waals surface area contributed by atoms with Crippen molar-refractivity contribution in [3.63, 3.8) is 0 Å². The molecule has 0 radical (unpaired) electrons.